The van der Waals surface area contributed by atoms with Gasteiger partial charge >= 0.3 is 6.18 Å². The Bertz CT molecular complexity index is 765. The standard InChI is InChI=1S/C15H12ClF3N4O/c1-2-6-20-14-21-7-5-12(23-14)13(24)22-11-4-3-9(16)8-10(11)15(17,18)19/h2-5,7-8H,1,6H2,(H,22,24)(H,20,21,23). The molecule has 0 spiro atoms. The SMILES string of the molecule is C=CCNc1nccc(C(=O)Nc2ccc(Cl)cc2C(F)(F)F)n1. The highest BCUT2D eigenvalue weighted by Gasteiger charge is 2.34. The number of nitrogens with zero attached hydrogens (tertiary/aromatic N) is 2. The van der Waals surface area contributed by atoms with Gasteiger partial charge in [-0.2, -0.15) is 13.2 Å². The van der Waals surface area contributed by atoms with Crippen molar-refractivity contribution in [1.82, 2.24) is 9.97 Å². The molecule has 2 rings (SSSR count). The van der Waals surface area contributed by atoms with E-state index in [0.29, 0.717) is 6.54 Å². The first-order valence-corrected chi connectivity index (χ1v) is 7.05. The minimum absolute atomic E-state index is 0.0837. The number of benzene rings is 1. The fourth-order valence-corrected chi connectivity index (χ4v) is 1.95. The maximum Gasteiger partial charge on any atom is 0.418 e. The predicted molar refractivity (Wildman–Crippen MR) is 85.1 cm³/mol. The summed E-state index contributed by atoms with van der Waals surface area (Å²) in [6.45, 7) is 3.89. The molecular weight excluding hydrogens is 345 g/mol. The molecule has 0 aliphatic rings. The van der Waals surface area contributed by atoms with Gasteiger partial charge in [0.1, 0.15) is 5.69 Å². The molecule has 126 valence electrons. The van der Waals surface area contributed by atoms with Crippen LogP contribution in [0.15, 0.2) is 43.1 Å². The van der Waals surface area contributed by atoms with Gasteiger partial charge in [0.05, 0.1) is 11.3 Å². The summed E-state index contributed by atoms with van der Waals surface area (Å²) in [6.07, 6.45) is -1.77. The van der Waals surface area contributed by atoms with Crippen LogP contribution >= 0.6 is 11.6 Å². The van der Waals surface area contributed by atoms with Gasteiger partial charge in [-0.3, -0.25) is 4.79 Å². The third kappa shape index (κ3) is 4.45. The highest BCUT2D eigenvalue weighted by molar-refractivity contribution is 6.30. The number of nitrogens with one attached hydrogen (secondary N) is 2. The maximum atomic E-state index is 13.0. The van der Waals surface area contributed by atoms with Crippen LogP contribution in [0.2, 0.25) is 5.02 Å². The molecule has 0 aliphatic carbocycles. The lowest BCUT2D eigenvalue weighted by atomic mass is 10.1. The van der Waals surface area contributed by atoms with Crippen molar-refractivity contribution < 1.29 is 18.0 Å². The van der Waals surface area contributed by atoms with Crippen molar-refractivity contribution >= 4 is 29.1 Å². The van der Waals surface area contributed by atoms with Gasteiger partial charge in [0.25, 0.3) is 5.91 Å². The number of rotatable bonds is 5. The van der Waals surface area contributed by atoms with Crippen molar-refractivity contribution in [3.63, 3.8) is 0 Å². The summed E-state index contributed by atoms with van der Waals surface area (Å²) >= 11 is 5.60. The average Bonchev–Trinajstić information content (AvgIpc) is 2.54. The lowest BCUT2D eigenvalue weighted by molar-refractivity contribution is -0.136. The predicted octanol–water partition coefficient (Wildman–Crippen LogP) is 4.00. The molecule has 2 N–H and O–H groups in total. The van der Waals surface area contributed by atoms with Crippen molar-refractivity contribution in [2.75, 3.05) is 17.2 Å². The van der Waals surface area contributed by atoms with Crippen molar-refractivity contribution in [2.45, 2.75) is 6.18 Å². The summed E-state index contributed by atoms with van der Waals surface area (Å²) in [4.78, 5) is 20.0. The van der Waals surface area contributed by atoms with Gasteiger partial charge in [0, 0.05) is 17.8 Å². The summed E-state index contributed by atoms with van der Waals surface area (Å²) in [5, 5.41) is 4.88. The van der Waals surface area contributed by atoms with Crippen LogP contribution < -0.4 is 10.6 Å². The van der Waals surface area contributed by atoms with Gasteiger partial charge < -0.3 is 10.6 Å². The second-order valence-corrected chi connectivity index (χ2v) is 5.01. The molecule has 1 aromatic heterocycles. The average molecular weight is 357 g/mol. The molecule has 0 atom stereocenters. The van der Waals surface area contributed by atoms with Gasteiger partial charge in [-0.1, -0.05) is 17.7 Å². The summed E-state index contributed by atoms with van der Waals surface area (Å²) in [5.74, 6) is -0.637. The van der Waals surface area contributed by atoms with E-state index in [0.717, 1.165) is 12.1 Å². The Morgan fingerprint density at radius 3 is 2.75 bits per heavy atom. The minimum atomic E-state index is -4.66. The fourth-order valence-electron chi connectivity index (χ4n) is 1.78. The Balaban J connectivity index is 2.26. The first-order chi connectivity index (χ1) is 11.3. The lowest BCUT2D eigenvalue weighted by Gasteiger charge is -2.14. The van der Waals surface area contributed by atoms with E-state index in [1.807, 2.05) is 0 Å². The highest BCUT2D eigenvalue weighted by Crippen LogP contribution is 2.36. The molecule has 9 heteroatoms. The van der Waals surface area contributed by atoms with Crippen LogP contribution in [-0.4, -0.2) is 22.4 Å². The molecule has 0 unspecified atom stereocenters. The van der Waals surface area contributed by atoms with E-state index in [9.17, 15) is 18.0 Å². The van der Waals surface area contributed by atoms with Gasteiger partial charge in [0.2, 0.25) is 5.95 Å². The third-order valence-electron chi connectivity index (χ3n) is 2.83. The van der Waals surface area contributed by atoms with E-state index in [4.69, 9.17) is 11.6 Å². The molecule has 0 bridgehead atoms. The molecule has 24 heavy (non-hydrogen) atoms. The number of aromatic nitrogens is 2. The van der Waals surface area contributed by atoms with E-state index in [2.05, 4.69) is 27.2 Å². The first-order valence-electron chi connectivity index (χ1n) is 6.67. The van der Waals surface area contributed by atoms with Crippen LogP contribution in [0.4, 0.5) is 24.8 Å². The van der Waals surface area contributed by atoms with E-state index < -0.39 is 23.3 Å². The minimum Gasteiger partial charge on any atom is -0.351 e. The van der Waals surface area contributed by atoms with Crippen LogP contribution in [0.3, 0.4) is 0 Å². The topological polar surface area (TPSA) is 66.9 Å². The Morgan fingerprint density at radius 1 is 1.33 bits per heavy atom. The summed E-state index contributed by atoms with van der Waals surface area (Å²) < 4.78 is 39.1. The van der Waals surface area contributed by atoms with Gasteiger partial charge in [-0.05, 0) is 24.3 Å². The summed E-state index contributed by atoms with van der Waals surface area (Å²) in [7, 11) is 0. The zero-order chi connectivity index (χ0) is 17.7. The lowest BCUT2D eigenvalue weighted by Crippen LogP contribution is -2.18. The van der Waals surface area contributed by atoms with Crippen molar-refractivity contribution in [2.24, 2.45) is 0 Å². The zero-order valence-electron chi connectivity index (χ0n) is 12.2. The third-order valence-corrected chi connectivity index (χ3v) is 3.06. The quantitative estimate of drug-likeness (QED) is 0.795. The smallest absolute Gasteiger partial charge is 0.351 e. The molecule has 0 fully saturated rings. The first kappa shape index (κ1) is 17.7. The number of amides is 1. The molecule has 1 amide bonds. The van der Waals surface area contributed by atoms with Crippen molar-refractivity contribution in [3.8, 4) is 0 Å². The van der Waals surface area contributed by atoms with Gasteiger partial charge in [-0.15, -0.1) is 6.58 Å². The van der Waals surface area contributed by atoms with Gasteiger partial charge in [0.15, 0.2) is 0 Å². The Kier molecular flexibility index (Phi) is 5.40. The second kappa shape index (κ2) is 7.31. The molecule has 1 aromatic carbocycles. The van der Waals surface area contributed by atoms with Crippen molar-refractivity contribution in [3.05, 3.63) is 59.4 Å². The number of anilines is 2. The Morgan fingerprint density at radius 2 is 2.08 bits per heavy atom. The van der Waals surface area contributed by atoms with E-state index >= 15 is 0 Å². The molecule has 0 aliphatic heterocycles. The molecule has 5 nitrogen and oxygen atoms in total. The molecular formula is C15H12ClF3N4O. The summed E-state index contributed by atoms with van der Waals surface area (Å²) in [5.41, 5.74) is -1.53. The second-order valence-electron chi connectivity index (χ2n) is 4.58. The Labute approximate surface area is 140 Å². The van der Waals surface area contributed by atoms with Crippen LogP contribution in [0.5, 0.6) is 0 Å². The fraction of sp³-hybridized carbons (Fsp3) is 0.133. The number of carbonyl (C=O) groups excluding carboxylic acids is 1. The molecule has 2 aromatic rings. The maximum absolute atomic E-state index is 13.0. The molecule has 1 heterocycles. The van der Waals surface area contributed by atoms with Crippen LogP contribution in [0.1, 0.15) is 16.1 Å². The number of carbonyl (C=O) groups is 1. The molecule has 0 saturated carbocycles. The Hall–Kier alpha value is -2.61. The number of alkyl halides is 3. The monoisotopic (exact) mass is 356 g/mol. The van der Waals surface area contributed by atoms with Gasteiger partial charge in [-0.25, -0.2) is 9.97 Å². The normalized spacial score (nSPS) is 11.0. The molecule has 0 radical (unpaired) electrons. The van der Waals surface area contributed by atoms with Crippen LogP contribution in [-0.2, 0) is 6.18 Å². The van der Waals surface area contributed by atoms with E-state index in [-0.39, 0.29) is 16.7 Å². The number of halogens is 4. The highest BCUT2D eigenvalue weighted by atomic mass is 35.5. The van der Waals surface area contributed by atoms with Crippen LogP contribution in [0.25, 0.3) is 0 Å². The molecule has 0 saturated heterocycles. The van der Waals surface area contributed by atoms with Crippen LogP contribution in [0, 0.1) is 0 Å². The van der Waals surface area contributed by atoms with Crippen molar-refractivity contribution in [1.29, 1.82) is 0 Å². The number of hydrogen-bond donors (Lipinski definition) is 2. The van der Waals surface area contributed by atoms with E-state index in [1.165, 1.54) is 18.3 Å². The largest absolute Gasteiger partial charge is 0.418 e. The van der Waals surface area contributed by atoms with E-state index in [1.54, 1.807) is 6.08 Å². The summed E-state index contributed by atoms with van der Waals surface area (Å²) in [6, 6.07) is 4.37. The zero-order valence-corrected chi connectivity index (χ0v) is 12.9. The number of hydrogen-bond acceptors (Lipinski definition) is 4.